The predicted molar refractivity (Wildman–Crippen MR) is 103 cm³/mol. The second-order valence-electron chi connectivity index (χ2n) is 6.13. The van der Waals surface area contributed by atoms with Crippen LogP contribution in [0.4, 0.5) is 5.69 Å². The minimum atomic E-state index is -3.48. The zero-order chi connectivity index (χ0) is 19.8. The maximum absolute atomic E-state index is 13.0. The topological polar surface area (TPSA) is 94.5 Å². The third-order valence-electron chi connectivity index (χ3n) is 4.12. The number of carbonyl (C=O) groups is 2. The fraction of sp³-hybridized carbons (Fsp3) is 0.158. The Hall–Kier alpha value is -3.13. The Morgan fingerprint density at radius 1 is 1.11 bits per heavy atom. The molecule has 0 radical (unpaired) electrons. The molecule has 0 saturated heterocycles. The van der Waals surface area contributed by atoms with Crippen molar-refractivity contribution in [2.45, 2.75) is 6.92 Å². The second kappa shape index (κ2) is 6.88. The summed E-state index contributed by atoms with van der Waals surface area (Å²) in [5.41, 5.74) is 2.13. The lowest BCUT2D eigenvalue weighted by molar-refractivity contribution is 0.0603. The smallest absolute Gasteiger partial charge is 0.340 e. The molecule has 8 heteroatoms. The van der Waals surface area contributed by atoms with E-state index in [0.29, 0.717) is 22.2 Å². The summed E-state index contributed by atoms with van der Waals surface area (Å²) in [6.45, 7) is 1.74. The summed E-state index contributed by atoms with van der Waals surface area (Å²) in [4.78, 5) is 25.1. The minimum absolute atomic E-state index is 0.281. The Labute approximate surface area is 156 Å². The molecule has 0 atom stereocenters. The van der Waals surface area contributed by atoms with Gasteiger partial charge in [0, 0.05) is 17.1 Å². The summed E-state index contributed by atoms with van der Waals surface area (Å²) >= 11 is 0. The number of benzene rings is 2. The van der Waals surface area contributed by atoms with Crippen LogP contribution in [-0.2, 0) is 14.8 Å². The van der Waals surface area contributed by atoms with Crippen molar-refractivity contribution in [1.29, 1.82) is 0 Å². The number of rotatable bonds is 4. The number of carbonyl (C=O) groups excluding carboxylic acids is 2. The minimum Gasteiger partial charge on any atom is -0.465 e. The molecule has 0 amide bonds. The Balaban J connectivity index is 2.12. The number of hydrogen-bond acceptors (Lipinski definition) is 5. The molecule has 0 fully saturated rings. The first-order chi connectivity index (χ1) is 12.7. The number of para-hydroxylation sites is 1. The lowest BCUT2D eigenvalue weighted by Gasteiger charge is -2.10. The van der Waals surface area contributed by atoms with Gasteiger partial charge < -0.3 is 4.74 Å². The Kier molecular flexibility index (Phi) is 4.75. The molecular weight excluding hydrogens is 368 g/mol. The van der Waals surface area contributed by atoms with Crippen LogP contribution in [-0.4, -0.2) is 38.2 Å². The van der Waals surface area contributed by atoms with E-state index in [2.05, 4.69) is 4.72 Å². The van der Waals surface area contributed by atoms with E-state index in [-0.39, 0.29) is 11.1 Å². The fourth-order valence-electron chi connectivity index (χ4n) is 2.82. The molecule has 1 N–H and O–H groups in total. The first-order valence-corrected chi connectivity index (χ1v) is 9.92. The molecule has 2 aromatic carbocycles. The third-order valence-corrected chi connectivity index (χ3v) is 4.71. The molecule has 0 spiro atoms. The van der Waals surface area contributed by atoms with Gasteiger partial charge in [-0.05, 0) is 30.7 Å². The molecule has 0 bridgehead atoms. The van der Waals surface area contributed by atoms with Gasteiger partial charge in [-0.1, -0.05) is 24.3 Å². The van der Waals surface area contributed by atoms with Crippen LogP contribution in [0.25, 0.3) is 10.9 Å². The van der Waals surface area contributed by atoms with E-state index < -0.39 is 21.9 Å². The van der Waals surface area contributed by atoms with Crippen molar-refractivity contribution in [3.63, 3.8) is 0 Å². The number of fused-ring (bicyclic) bond motifs is 1. The van der Waals surface area contributed by atoms with Gasteiger partial charge in [0.15, 0.2) is 0 Å². The predicted octanol–water partition coefficient (Wildman–Crippen LogP) is 2.80. The van der Waals surface area contributed by atoms with Crippen molar-refractivity contribution in [1.82, 2.24) is 4.57 Å². The number of aromatic nitrogens is 1. The van der Waals surface area contributed by atoms with Gasteiger partial charge >= 0.3 is 5.97 Å². The SMILES string of the molecule is COC(=O)c1cn(C(=O)c2ccc(C)c(NS(C)(=O)=O)c2)c2ccccc12. The number of aryl methyl sites for hydroxylation is 1. The average molecular weight is 386 g/mol. The van der Waals surface area contributed by atoms with E-state index in [0.717, 1.165) is 6.26 Å². The third kappa shape index (κ3) is 3.70. The van der Waals surface area contributed by atoms with Crippen molar-refractivity contribution in [3.8, 4) is 0 Å². The summed E-state index contributed by atoms with van der Waals surface area (Å²) in [7, 11) is -2.20. The van der Waals surface area contributed by atoms with E-state index in [1.807, 2.05) is 0 Å². The summed E-state index contributed by atoms with van der Waals surface area (Å²) in [6, 6.07) is 11.7. The van der Waals surface area contributed by atoms with Gasteiger partial charge in [-0.25, -0.2) is 13.2 Å². The average Bonchev–Trinajstić information content (AvgIpc) is 3.01. The monoisotopic (exact) mass is 386 g/mol. The van der Waals surface area contributed by atoms with E-state index >= 15 is 0 Å². The molecule has 27 heavy (non-hydrogen) atoms. The number of sulfonamides is 1. The number of ether oxygens (including phenoxy) is 1. The van der Waals surface area contributed by atoms with Gasteiger partial charge in [-0.15, -0.1) is 0 Å². The molecule has 0 aliphatic rings. The Morgan fingerprint density at radius 3 is 2.48 bits per heavy atom. The lowest BCUT2D eigenvalue weighted by atomic mass is 10.1. The molecular formula is C19H18N2O5S. The van der Waals surface area contributed by atoms with Crippen LogP contribution in [0.15, 0.2) is 48.7 Å². The quantitative estimate of drug-likeness (QED) is 0.696. The van der Waals surface area contributed by atoms with Crippen LogP contribution < -0.4 is 4.72 Å². The zero-order valence-electron chi connectivity index (χ0n) is 15.0. The van der Waals surface area contributed by atoms with E-state index in [1.165, 1.54) is 23.9 Å². The van der Waals surface area contributed by atoms with Crippen LogP contribution >= 0.6 is 0 Å². The normalized spacial score (nSPS) is 11.4. The molecule has 1 heterocycles. The van der Waals surface area contributed by atoms with Crippen LogP contribution in [0.3, 0.4) is 0 Å². The van der Waals surface area contributed by atoms with Crippen LogP contribution in [0.1, 0.15) is 26.3 Å². The van der Waals surface area contributed by atoms with E-state index in [9.17, 15) is 18.0 Å². The number of methoxy groups -OCH3 is 1. The number of nitrogens with zero attached hydrogens (tertiary/aromatic N) is 1. The van der Waals surface area contributed by atoms with Gasteiger partial charge in [0.05, 0.1) is 30.1 Å². The molecule has 140 valence electrons. The number of anilines is 1. The van der Waals surface area contributed by atoms with Crippen LogP contribution in [0.2, 0.25) is 0 Å². The van der Waals surface area contributed by atoms with Crippen LogP contribution in [0.5, 0.6) is 0 Å². The fourth-order valence-corrected chi connectivity index (χ4v) is 3.44. The van der Waals surface area contributed by atoms with E-state index in [1.54, 1.807) is 43.3 Å². The largest absolute Gasteiger partial charge is 0.465 e. The number of esters is 1. The highest BCUT2D eigenvalue weighted by Gasteiger charge is 2.20. The molecule has 1 aromatic heterocycles. The molecule has 3 rings (SSSR count). The molecule has 7 nitrogen and oxygen atoms in total. The standard InChI is InChI=1S/C19H18N2O5S/c1-12-8-9-13(10-16(12)20-27(3,24)25)18(22)21-11-15(19(23)26-2)14-6-4-5-7-17(14)21/h4-11,20H,1-3H3. The van der Waals surface area contributed by atoms with Crippen molar-refractivity contribution in [2.24, 2.45) is 0 Å². The maximum atomic E-state index is 13.0. The lowest BCUT2D eigenvalue weighted by Crippen LogP contribution is -2.14. The molecule has 0 saturated carbocycles. The number of nitrogens with one attached hydrogen (secondary N) is 1. The van der Waals surface area contributed by atoms with Gasteiger partial charge in [-0.2, -0.15) is 0 Å². The molecule has 0 aliphatic carbocycles. The first-order valence-electron chi connectivity index (χ1n) is 8.03. The highest BCUT2D eigenvalue weighted by Crippen LogP contribution is 2.25. The summed E-state index contributed by atoms with van der Waals surface area (Å²) in [5.74, 6) is -0.931. The summed E-state index contributed by atoms with van der Waals surface area (Å²) in [6.07, 6.45) is 2.48. The van der Waals surface area contributed by atoms with Gasteiger partial charge in [-0.3, -0.25) is 14.1 Å². The highest BCUT2D eigenvalue weighted by molar-refractivity contribution is 7.92. The summed E-state index contributed by atoms with van der Waals surface area (Å²) < 4.78 is 31.6. The van der Waals surface area contributed by atoms with Gasteiger partial charge in [0.2, 0.25) is 10.0 Å². The van der Waals surface area contributed by atoms with Crippen molar-refractivity contribution in [3.05, 3.63) is 65.4 Å². The molecule has 0 aliphatic heterocycles. The zero-order valence-corrected chi connectivity index (χ0v) is 15.8. The maximum Gasteiger partial charge on any atom is 0.340 e. The van der Waals surface area contributed by atoms with Gasteiger partial charge in [0.1, 0.15) is 0 Å². The number of hydrogen-bond donors (Lipinski definition) is 1. The van der Waals surface area contributed by atoms with Crippen molar-refractivity contribution < 1.29 is 22.7 Å². The summed E-state index contributed by atoms with van der Waals surface area (Å²) in [5, 5.41) is 0.597. The van der Waals surface area contributed by atoms with Crippen LogP contribution in [0, 0.1) is 6.92 Å². The van der Waals surface area contributed by atoms with Crippen molar-refractivity contribution in [2.75, 3.05) is 18.1 Å². The Bertz CT molecular complexity index is 1160. The first kappa shape index (κ1) is 18.7. The molecule has 0 unspecified atom stereocenters. The highest BCUT2D eigenvalue weighted by atomic mass is 32.2. The Morgan fingerprint density at radius 2 is 1.81 bits per heavy atom. The second-order valence-corrected chi connectivity index (χ2v) is 7.88. The molecule has 3 aromatic rings. The van der Waals surface area contributed by atoms with Crippen molar-refractivity contribution >= 4 is 38.5 Å². The van der Waals surface area contributed by atoms with Gasteiger partial charge in [0.25, 0.3) is 5.91 Å². The van der Waals surface area contributed by atoms with E-state index in [4.69, 9.17) is 4.74 Å².